The van der Waals surface area contributed by atoms with Crippen LogP contribution in [0.1, 0.15) is 24.8 Å². The number of hydrogen-bond acceptors (Lipinski definition) is 2. The Morgan fingerprint density at radius 1 is 1.35 bits per heavy atom. The molecule has 0 aliphatic heterocycles. The molecule has 2 nitrogen and oxygen atoms in total. The number of nitrogens with two attached hydrogens (primary N) is 1. The molecule has 0 radical (unpaired) electrons. The van der Waals surface area contributed by atoms with Crippen LogP contribution in [0.4, 0.5) is 0 Å². The Morgan fingerprint density at radius 2 is 2.00 bits per heavy atom. The van der Waals surface area contributed by atoms with Crippen molar-refractivity contribution in [1.82, 2.24) is 0 Å². The summed E-state index contributed by atoms with van der Waals surface area (Å²) in [6.07, 6.45) is 3.21. The van der Waals surface area contributed by atoms with E-state index in [0.29, 0.717) is 11.3 Å². The molecule has 3 N–H and O–H groups in total. The van der Waals surface area contributed by atoms with E-state index < -0.39 is 0 Å². The first kappa shape index (κ1) is 12.8. The predicted octanol–water partition coefficient (Wildman–Crippen LogP) is 3.68. The van der Waals surface area contributed by atoms with Crippen molar-refractivity contribution in [3.05, 3.63) is 34.9 Å². The van der Waals surface area contributed by atoms with E-state index in [-0.39, 0.29) is 0 Å². The lowest BCUT2D eigenvalue weighted by molar-refractivity contribution is 0.612. The van der Waals surface area contributed by atoms with Crippen LogP contribution in [0.2, 0.25) is 5.02 Å². The number of halogens is 1. The Labute approximate surface area is 111 Å². The summed E-state index contributed by atoms with van der Waals surface area (Å²) in [4.78, 5) is 0. The molecule has 0 aromatic heterocycles. The minimum Gasteiger partial charge on any atom is -0.388 e. The average Bonchev–Trinajstić information content (AvgIpc) is 3.00. The molecule has 0 heterocycles. The van der Waals surface area contributed by atoms with Crippen molar-refractivity contribution < 1.29 is 0 Å². The van der Waals surface area contributed by atoms with Crippen molar-refractivity contribution in [1.29, 1.82) is 5.41 Å². The van der Waals surface area contributed by atoms with Gasteiger partial charge in [0.2, 0.25) is 0 Å². The lowest BCUT2D eigenvalue weighted by Crippen LogP contribution is -2.18. The molecular weight excluding hydrogens is 252 g/mol. The summed E-state index contributed by atoms with van der Waals surface area (Å²) in [5, 5.41) is 8.15. The van der Waals surface area contributed by atoms with Crippen LogP contribution in [0.3, 0.4) is 0 Å². The minimum atomic E-state index is 0.328. The van der Waals surface area contributed by atoms with Gasteiger partial charge >= 0.3 is 0 Å². The summed E-state index contributed by atoms with van der Waals surface area (Å²) in [5.74, 6) is 2.45. The number of nitrogens with one attached hydrogen (secondary N) is 1. The minimum absolute atomic E-state index is 0.328. The third kappa shape index (κ3) is 3.93. The second kappa shape index (κ2) is 5.32. The van der Waals surface area contributed by atoms with Crippen molar-refractivity contribution >= 4 is 29.2 Å². The summed E-state index contributed by atoms with van der Waals surface area (Å²) >= 11 is 7.77. The maximum absolute atomic E-state index is 7.37. The van der Waals surface area contributed by atoms with E-state index in [0.717, 1.165) is 22.9 Å². The molecule has 4 heteroatoms. The van der Waals surface area contributed by atoms with Crippen molar-refractivity contribution in [3.8, 4) is 0 Å². The molecule has 0 atom stereocenters. The molecule has 1 saturated carbocycles. The van der Waals surface area contributed by atoms with E-state index in [9.17, 15) is 0 Å². The molecule has 2 rings (SSSR count). The van der Waals surface area contributed by atoms with Crippen LogP contribution >= 0.6 is 23.4 Å². The molecular formula is C13H17ClN2S. The van der Waals surface area contributed by atoms with Gasteiger partial charge in [-0.05, 0) is 41.7 Å². The monoisotopic (exact) mass is 268 g/mol. The van der Waals surface area contributed by atoms with E-state index in [1.807, 2.05) is 23.9 Å². The Bertz CT molecular complexity index is 398. The van der Waals surface area contributed by atoms with Gasteiger partial charge in [-0.15, -0.1) is 0 Å². The van der Waals surface area contributed by atoms with Crippen LogP contribution in [-0.4, -0.2) is 11.6 Å². The maximum Gasteiger partial charge on any atom is 0.0911 e. The average molecular weight is 269 g/mol. The fraction of sp³-hybridized carbons (Fsp3) is 0.462. The predicted molar refractivity (Wildman–Crippen MR) is 75.8 cm³/mol. The van der Waals surface area contributed by atoms with Crippen LogP contribution in [0.5, 0.6) is 0 Å². The molecule has 1 aromatic carbocycles. The normalized spacial score (nSPS) is 16.8. The molecule has 1 fully saturated rings. The Hall–Kier alpha value is -0.670. The Morgan fingerprint density at radius 3 is 2.53 bits per heavy atom. The third-order valence-corrected chi connectivity index (χ3v) is 4.72. The van der Waals surface area contributed by atoms with E-state index >= 15 is 0 Å². The molecule has 1 aliphatic rings. The van der Waals surface area contributed by atoms with E-state index in [1.54, 1.807) is 0 Å². The Balaban J connectivity index is 1.76. The molecule has 1 aromatic rings. The van der Waals surface area contributed by atoms with Crippen LogP contribution in [0.25, 0.3) is 0 Å². The van der Waals surface area contributed by atoms with Crippen molar-refractivity contribution in [2.75, 3.05) is 5.75 Å². The summed E-state index contributed by atoms with van der Waals surface area (Å²) in [6, 6.07) is 8.00. The quantitative estimate of drug-likeness (QED) is 0.611. The first-order chi connectivity index (χ1) is 8.10. The van der Waals surface area contributed by atoms with Crippen LogP contribution in [0.15, 0.2) is 24.3 Å². The van der Waals surface area contributed by atoms with Crippen LogP contribution < -0.4 is 5.73 Å². The zero-order chi connectivity index (χ0) is 12.3. The van der Waals surface area contributed by atoms with Gasteiger partial charge in [-0.1, -0.05) is 23.7 Å². The van der Waals surface area contributed by atoms with Gasteiger partial charge in [-0.25, -0.2) is 0 Å². The smallest absolute Gasteiger partial charge is 0.0911 e. The number of benzene rings is 1. The molecule has 17 heavy (non-hydrogen) atoms. The van der Waals surface area contributed by atoms with Crippen LogP contribution in [-0.2, 0) is 5.75 Å². The van der Waals surface area contributed by atoms with Gasteiger partial charge in [0.1, 0.15) is 0 Å². The Kier molecular flexibility index (Phi) is 4.00. The van der Waals surface area contributed by atoms with E-state index in [4.69, 9.17) is 22.7 Å². The molecule has 0 bridgehead atoms. The van der Waals surface area contributed by atoms with Gasteiger partial charge in [0.25, 0.3) is 0 Å². The molecule has 0 spiro atoms. The van der Waals surface area contributed by atoms with Crippen molar-refractivity contribution in [2.24, 2.45) is 11.1 Å². The summed E-state index contributed by atoms with van der Waals surface area (Å²) < 4.78 is 0. The first-order valence-electron chi connectivity index (χ1n) is 5.75. The summed E-state index contributed by atoms with van der Waals surface area (Å²) in [6.45, 7) is 0. The summed E-state index contributed by atoms with van der Waals surface area (Å²) in [7, 11) is 0. The topological polar surface area (TPSA) is 49.9 Å². The fourth-order valence-corrected chi connectivity index (χ4v) is 3.40. The standard InChI is InChI=1S/C13H17ClN2S/c14-11-3-1-10(2-4-11)8-17-9-13(5-6-13)7-12(15)16/h1-4H,5-9H2,(H3,15,16). The summed E-state index contributed by atoms with van der Waals surface area (Å²) in [5.41, 5.74) is 7.12. The van der Waals surface area contributed by atoms with E-state index in [1.165, 1.54) is 18.4 Å². The largest absolute Gasteiger partial charge is 0.388 e. The van der Waals surface area contributed by atoms with Gasteiger partial charge in [0.05, 0.1) is 5.84 Å². The molecule has 1 aliphatic carbocycles. The second-order valence-electron chi connectivity index (χ2n) is 4.82. The highest BCUT2D eigenvalue weighted by Crippen LogP contribution is 2.51. The lowest BCUT2D eigenvalue weighted by Gasteiger charge is -2.13. The number of hydrogen-bond donors (Lipinski definition) is 2. The highest BCUT2D eigenvalue weighted by molar-refractivity contribution is 7.98. The van der Waals surface area contributed by atoms with Crippen molar-refractivity contribution in [2.45, 2.75) is 25.0 Å². The number of amidine groups is 1. The SMILES string of the molecule is N=C(N)CC1(CSCc2ccc(Cl)cc2)CC1. The number of rotatable bonds is 6. The highest BCUT2D eigenvalue weighted by atomic mass is 35.5. The second-order valence-corrected chi connectivity index (χ2v) is 6.24. The third-order valence-electron chi connectivity index (χ3n) is 3.11. The zero-order valence-electron chi connectivity index (χ0n) is 9.71. The zero-order valence-corrected chi connectivity index (χ0v) is 11.3. The molecule has 0 saturated heterocycles. The number of thioether (sulfide) groups is 1. The maximum atomic E-state index is 7.37. The highest BCUT2D eigenvalue weighted by Gasteiger charge is 2.42. The van der Waals surface area contributed by atoms with Gasteiger partial charge < -0.3 is 5.73 Å². The lowest BCUT2D eigenvalue weighted by atomic mass is 10.1. The van der Waals surface area contributed by atoms with Crippen molar-refractivity contribution in [3.63, 3.8) is 0 Å². The van der Waals surface area contributed by atoms with Crippen LogP contribution in [0, 0.1) is 10.8 Å². The first-order valence-corrected chi connectivity index (χ1v) is 7.28. The van der Waals surface area contributed by atoms with Gasteiger partial charge in [-0.3, -0.25) is 5.41 Å². The van der Waals surface area contributed by atoms with Gasteiger partial charge in [0.15, 0.2) is 0 Å². The fourth-order valence-electron chi connectivity index (χ4n) is 1.92. The van der Waals surface area contributed by atoms with Gasteiger partial charge in [-0.2, -0.15) is 11.8 Å². The molecule has 92 valence electrons. The van der Waals surface area contributed by atoms with E-state index in [2.05, 4.69) is 12.1 Å². The molecule has 0 amide bonds. The van der Waals surface area contributed by atoms with Gasteiger partial charge in [0, 0.05) is 17.2 Å². The molecule has 0 unspecified atom stereocenters.